The van der Waals surface area contributed by atoms with Gasteiger partial charge in [0.25, 0.3) is 0 Å². The minimum Gasteiger partial charge on any atom is -0.480 e. The van der Waals surface area contributed by atoms with Gasteiger partial charge in [-0.3, -0.25) is 14.7 Å². The highest BCUT2D eigenvalue weighted by Crippen LogP contribution is 2.44. The van der Waals surface area contributed by atoms with Crippen molar-refractivity contribution in [1.82, 2.24) is 14.9 Å². The van der Waals surface area contributed by atoms with Crippen LogP contribution < -0.4 is 15.2 Å². The number of guanidine groups is 1. The molecule has 0 unspecified atom stereocenters. The summed E-state index contributed by atoms with van der Waals surface area (Å²) in [5, 5.41) is 0. The third-order valence-corrected chi connectivity index (χ3v) is 5.16. The molecule has 0 spiro atoms. The van der Waals surface area contributed by atoms with Crippen molar-refractivity contribution in [3.8, 4) is 17.5 Å². The Balaban J connectivity index is 1.77. The van der Waals surface area contributed by atoms with E-state index in [0.29, 0.717) is 18.8 Å². The average Bonchev–Trinajstić information content (AvgIpc) is 2.73. The van der Waals surface area contributed by atoms with Crippen molar-refractivity contribution in [1.29, 1.82) is 0 Å². The normalized spacial score (nSPS) is 24.0. The Labute approximate surface area is 166 Å². The van der Waals surface area contributed by atoms with E-state index in [1.54, 1.807) is 7.05 Å². The smallest absolute Gasteiger partial charge is 0.241 e. The molecule has 1 amide bonds. The van der Waals surface area contributed by atoms with E-state index in [-0.39, 0.29) is 35.8 Å². The predicted molar refractivity (Wildman–Crippen MR) is 100 cm³/mol. The summed E-state index contributed by atoms with van der Waals surface area (Å²) in [5.41, 5.74) is 4.88. The van der Waals surface area contributed by atoms with Gasteiger partial charge in [0.05, 0.1) is 32.0 Å². The Morgan fingerprint density at radius 1 is 1.34 bits per heavy atom. The molecule has 152 valence electrons. The van der Waals surface area contributed by atoms with Crippen LogP contribution in [-0.4, -0.2) is 54.1 Å². The van der Waals surface area contributed by atoms with E-state index >= 15 is 0 Å². The number of carbonyl (C=O) groups is 1. The van der Waals surface area contributed by atoms with Gasteiger partial charge in [-0.05, 0) is 24.6 Å². The molecule has 2 atom stereocenters. The van der Waals surface area contributed by atoms with E-state index in [0.717, 1.165) is 0 Å². The lowest BCUT2D eigenvalue weighted by molar-refractivity contribution is -0.140. The van der Waals surface area contributed by atoms with E-state index in [1.807, 2.05) is 0 Å². The second-order valence-electron chi connectivity index (χ2n) is 6.83. The van der Waals surface area contributed by atoms with Crippen LogP contribution in [0, 0.1) is 11.7 Å². The van der Waals surface area contributed by atoms with Crippen molar-refractivity contribution >= 4 is 11.9 Å². The molecule has 0 aliphatic carbocycles. The molecule has 2 N–H and O–H groups in total. The number of halogens is 1. The number of hydrogen-bond acceptors (Lipinski definition) is 8. The van der Waals surface area contributed by atoms with E-state index in [4.69, 9.17) is 19.9 Å². The van der Waals surface area contributed by atoms with Gasteiger partial charge in [0.2, 0.25) is 17.7 Å². The van der Waals surface area contributed by atoms with Crippen LogP contribution in [0.1, 0.15) is 12.0 Å². The van der Waals surface area contributed by atoms with Gasteiger partial charge in [-0.1, -0.05) is 0 Å². The first-order chi connectivity index (χ1) is 13.9. The SMILES string of the molecule is COc1cncc(Oc2ccc(F)c([C@]34COCC[C@H]3C(=O)N(C)C(N)=N4)c2)n1. The van der Waals surface area contributed by atoms with Gasteiger partial charge in [-0.25, -0.2) is 9.38 Å². The van der Waals surface area contributed by atoms with Crippen molar-refractivity contribution in [3.05, 3.63) is 42.0 Å². The number of ether oxygens (including phenoxy) is 3. The largest absolute Gasteiger partial charge is 0.480 e. The number of benzene rings is 1. The molecule has 2 aliphatic heterocycles. The Kier molecular flexibility index (Phi) is 4.79. The second-order valence-corrected chi connectivity index (χ2v) is 6.83. The van der Waals surface area contributed by atoms with Crippen LogP contribution >= 0.6 is 0 Å². The average molecular weight is 401 g/mol. The molecular formula is C19H20FN5O4. The molecule has 1 aromatic carbocycles. The van der Waals surface area contributed by atoms with Crippen molar-refractivity contribution in [2.75, 3.05) is 27.4 Å². The molecule has 4 rings (SSSR count). The number of fused-ring (bicyclic) bond motifs is 1. The molecule has 2 aliphatic rings. The molecule has 0 bridgehead atoms. The Bertz CT molecular complexity index is 985. The number of hydrogen-bond donors (Lipinski definition) is 1. The number of amides is 1. The van der Waals surface area contributed by atoms with Crippen molar-refractivity contribution in [2.45, 2.75) is 12.0 Å². The van der Waals surface area contributed by atoms with Gasteiger partial charge in [-0.15, -0.1) is 0 Å². The molecule has 3 heterocycles. The number of nitrogens with zero attached hydrogens (tertiary/aromatic N) is 4. The van der Waals surface area contributed by atoms with Crippen LogP contribution in [-0.2, 0) is 15.1 Å². The zero-order valence-electron chi connectivity index (χ0n) is 16.0. The Morgan fingerprint density at radius 3 is 2.93 bits per heavy atom. The fourth-order valence-electron chi connectivity index (χ4n) is 3.66. The molecular weight excluding hydrogens is 381 g/mol. The zero-order chi connectivity index (χ0) is 20.6. The summed E-state index contributed by atoms with van der Waals surface area (Å²) < 4.78 is 31.3. The summed E-state index contributed by atoms with van der Waals surface area (Å²) in [5.74, 6) is -0.553. The summed E-state index contributed by atoms with van der Waals surface area (Å²) in [6.07, 6.45) is 3.25. The monoisotopic (exact) mass is 401 g/mol. The number of carbonyl (C=O) groups excluding carboxylic acids is 1. The predicted octanol–water partition coefficient (Wildman–Crippen LogP) is 1.44. The summed E-state index contributed by atoms with van der Waals surface area (Å²) in [6.45, 7) is 0.427. The minimum atomic E-state index is -1.25. The van der Waals surface area contributed by atoms with Crippen LogP contribution in [0.5, 0.6) is 17.5 Å². The van der Waals surface area contributed by atoms with Crippen LogP contribution in [0.25, 0.3) is 0 Å². The van der Waals surface area contributed by atoms with Gasteiger partial charge < -0.3 is 19.9 Å². The third kappa shape index (κ3) is 3.25. The van der Waals surface area contributed by atoms with Crippen molar-refractivity contribution < 1.29 is 23.4 Å². The highest BCUT2D eigenvalue weighted by molar-refractivity contribution is 6.00. The first-order valence-electron chi connectivity index (χ1n) is 8.99. The molecule has 0 saturated carbocycles. The topological polar surface area (TPSA) is 112 Å². The summed E-state index contributed by atoms with van der Waals surface area (Å²) in [7, 11) is 3.02. The Morgan fingerprint density at radius 2 is 2.14 bits per heavy atom. The van der Waals surface area contributed by atoms with E-state index in [1.165, 1.54) is 42.6 Å². The van der Waals surface area contributed by atoms with Crippen LogP contribution in [0.3, 0.4) is 0 Å². The van der Waals surface area contributed by atoms with Gasteiger partial charge in [0, 0.05) is 19.2 Å². The lowest BCUT2D eigenvalue weighted by Crippen LogP contribution is -2.58. The Hall–Kier alpha value is -3.27. The second kappa shape index (κ2) is 7.28. The fraction of sp³-hybridized carbons (Fsp3) is 0.368. The lowest BCUT2D eigenvalue weighted by atomic mass is 9.74. The van der Waals surface area contributed by atoms with Crippen LogP contribution in [0.2, 0.25) is 0 Å². The molecule has 9 nitrogen and oxygen atoms in total. The van der Waals surface area contributed by atoms with Crippen molar-refractivity contribution in [2.24, 2.45) is 16.6 Å². The van der Waals surface area contributed by atoms with Gasteiger partial charge in [0.1, 0.15) is 17.1 Å². The first kappa shape index (κ1) is 19.1. The van der Waals surface area contributed by atoms with Crippen LogP contribution in [0.4, 0.5) is 4.39 Å². The number of nitrogens with two attached hydrogens (primary N) is 1. The molecule has 1 aromatic heterocycles. The molecule has 2 aromatic rings. The fourth-order valence-corrected chi connectivity index (χ4v) is 3.66. The molecule has 1 fully saturated rings. The summed E-state index contributed by atoms with van der Waals surface area (Å²) in [4.78, 5) is 26.7. The zero-order valence-corrected chi connectivity index (χ0v) is 16.0. The molecule has 29 heavy (non-hydrogen) atoms. The lowest BCUT2D eigenvalue weighted by Gasteiger charge is -2.45. The molecule has 0 radical (unpaired) electrons. The van der Waals surface area contributed by atoms with Crippen molar-refractivity contribution in [3.63, 3.8) is 0 Å². The van der Waals surface area contributed by atoms with E-state index in [9.17, 15) is 9.18 Å². The summed E-state index contributed by atoms with van der Waals surface area (Å²) in [6, 6.07) is 4.21. The van der Waals surface area contributed by atoms with Crippen LogP contribution in [0.15, 0.2) is 35.6 Å². The quantitative estimate of drug-likeness (QED) is 0.825. The van der Waals surface area contributed by atoms with Gasteiger partial charge >= 0.3 is 0 Å². The number of aliphatic imine (C=N–C) groups is 1. The first-order valence-corrected chi connectivity index (χ1v) is 8.99. The maximum absolute atomic E-state index is 14.9. The highest BCUT2D eigenvalue weighted by Gasteiger charge is 2.52. The number of aromatic nitrogens is 2. The molecule has 1 saturated heterocycles. The highest BCUT2D eigenvalue weighted by atomic mass is 19.1. The number of methoxy groups -OCH3 is 1. The summed E-state index contributed by atoms with van der Waals surface area (Å²) >= 11 is 0. The van der Waals surface area contributed by atoms with E-state index in [2.05, 4.69) is 15.0 Å². The standard InChI is InChI=1S/C19H20FN5O4/c1-25-17(26)12-5-6-28-10-19(12,24-18(25)21)13-7-11(3-4-14(13)20)29-16-9-22-8-15(23-16)27-2/h3-4,7-9,12H,5-6,10H2,1-2H3,(H2,21,24)/t12-,19-/m0/s1. The van der Waals surface area contributed by atoms with Gasteiger partial charge in [0.15, 0.2) is 5.96 Å². The minimum absolute atomic E-state index is 0.0149. The molecule has 10 heteroatoms. The maximum atomic E-state index is 14.9. The van der Waals surface area contributed by atoms with Gasteiger partial charge in [-0.2, -0.15) is 4.98 Å². The number of rotatable bonds is 4. The van der Waals surface area contributed by atoms with E-state index < -0.39 is 17.3 Å². The maximum Gasteiger partial charge on any atom is 0.241 e. The third-order valence-electron chi connectivity index (χ3n) is 5.16.